The van der Waals surface area contributed by atoms with E-state index in [-0.39, 0.29) is 0 Å². The van der Waals surface area contributed by atoms with Gasteiger partial charge in [-0.3, -0.25) is 0 Å². The van der Waals surface area contributed by atoms with Crippen LogP contribution >= 0.6 is 0 Å². The zero-order valence-corrected chi connectivity index (χ0v) is 9.61. The van der Waals surface area contributed by atoms with E-state index in [9.17, 15) is 0 Å². The van der Waals surface area contributed by atoms with E-state index in [1.54, 1.807) is 12.5 Å². The number of aromatic nitrogens is 4. The molecule has 0 saturated heterocycles. The van der Waals surface area contributed by atoms with Gasteiger partial charge in [-0.05, 0) is 23.3 Å². The van der Waals surface area contributed by atoms with Crippen molar-refractivity contribution in [2.75, 3.05) is 0 Å². The Kier molecular flexibility index (Phi) is 1.85. The second kappa shape index (κ2) is 3.50. The van der Waals surface area contributed by atoms with Crippen LogP contribution in [0.5, 0.6) is 0 Å². The fraction of sp³-hybridized carbons (Fsp3) is 0.0714. The number of nitrogens with zero attached hydrogens (tertiary/aromatic N) is 4. The number of allylic oxidation sites excluding steroid dienone is 1. The van der Waals surface area contributed by atoms with Gasteiger partial charge in [0.25, 0.3) is 0 Å². The first-order valence-electron chi connectivity index (χ1n) is 5.84. The van der Waals surface area contributed by atoms with Crippen molar-refractivity contribution in [3.05, 3.63) is 66.1 Å². The van der Waals surface area contributed by atoms with E-state index in [1.807, 2.05) is 22.9 Å². The summed E-state index contributed by atoms with van der Waals surface area (Å²) in [5.41, 5.74) is 5.58. The lowest BCUT2D eigenvalue weighted by atomic mass is 10.0. The second-order valence-electron chi connectivity index (χ2n) is 4.32. The van der Waals surface area contributed by atoms with Crippen molar-refractivity contribution in [1.82, 2.24) is 19.4 Å². The summed E-state index contributed by atoms with van der Waals surface area (Å²) in [4.78, 5) is 12.7. The number of pyridine rings is 1. The molecule has 0 unspecified atom stereocenters. The maximum absolute atomic E-state index is 4.30. The monoisotopic (exact) mass is 234 g/mol. The van der Waals surface area contributed by atoms with Gasteiger partial charge in [-0.2, -0.15) is 0 Å². The highest BCUT2D eigenvalue weighted by molar-refractivity contribution is 5.83. The fourth-order valence-electron chi connectivity index (χ4n) is 2.40. The minimum atomic E-state index is 0.884. The van der Waals surface area contributed by atoms with Gasteiger partial charge in [0.2, 0.25) is 0 Å². The fourth-order valence-corrected chi connectivity index (χ4v) is 2.40. The Morgan fingerprint density at radius 3 is 3.17 bits per heavy atom. The van der Waals surface area contributed by atoms with Crippen LogP contribution in [-0.2, 0) is 6.42 Å². The molecule has 1 aliphatic carbocycles. The Hall–Kier alpha value is -2.49. The predicted molar refractivity (Wildman–Crippen MR) is 68.0 cm³/mol. The van der Waals surface area contributed by atoms with Gasteiger partial charge in [0.05, 0.1) is 5.69 Å². The number of fused-ring (bicyclic) bond motifs is 2. The minimum absolute atomic E-state index is 0.884. The van der Waals surface area contributed by atoms with Crippen LogP contribution in [0.4, 0.5) is 0 Å². The van der Waals surface area contributed by atoms with Crippen LogP contribution in [0.15, 0.2) is 49.3 Å². The van der Waals surface area contributed by atoms with Crippen LogP contribution in [0.2, 0.25) is 0 Å². The third-order valence-electron chi connectivity index (χ3n) is 3.28. The lowest BCUT2D eigenvalue weighted by Gasteiger charge is -2.05. The topological polar surface area (TPSA) is 43.1 Å². The first-order valence-corrected chi connectivity index (χ1v) is 5.84. The van der Waals surface area contributed by atoms with Gasteiger partial charge in [0.15, 0.2) is 0 Å². The zero-order chi connectivity index (χ0) is 11.9. The molecule has 0 bridgehead atoms. The Bertz CT molecular complexity index is 770. The van der Waals surface area contributed by atoms with E-state index in [2.05, 4.69) is 33.3 Å². The van der Waals surface area contributed by atoms with Crippen LogP contribution in [0.3, 0.4) is 0 Å². The SMILES string of the molecule is C1=C(c2ccc3nccn3c2)c2cncnc2C1. The molecule has 0 aromatic carbocycles. The maximum atomic E-state index is 4.30. The van der Waals surface area contributed by atoms with Gasteiger partial charge in [0, 0.05) is 36.8 Å². The quantitative estimate of drug-likeness (QED) is 0.647. The average Bonchev–Trinajstić information content (AvgIpc) is 3.04. The highest BCUT2D eigenvalue weighted by Gasteiger charge is 2.16. The van der Waals surface area contributed by atoms with Crippen LogP contribution < -0.4 is 0 Å². The Labute approximate surface area is 104 Å². The molecule has 86 valence electrons. The molecule has 18 heavy (non-hydrogen) atoms. The molecule has 3 aromatic heterocycles. The molecule has 0 saturated carbocycles. The van der Waals surface area contributed by atoms with Crippen LogP contribution in [0.25, 0.3) is 11.2 Å². The largest absolute Gasteiger partial charge is 0.306 e. The van der Waals surface area contributed by atoms with Gasteiger partial charge in [-0.15, -0.1) is 0 Å². The maximum Gasteiger partial charge on any atom is 0.136 e. The molecule has 0 radical (unpaired) electrons. The number of imidazole rings is 1. The number of rotatable bonds is 1. The average molecular weight is 234 g/mol. The normalized spacial score (nSPS) is 13.7. The third kappa shape index (κ3) is 1.29. The summed E-state index contributed by atoms with van der Waals surface area (Å²) in [6.45, 7) is 0. The smallest absolute Gasteiger partial charge is 0.136 e. The molecule has 3 aromatic rings. The van der Waals surface area contributed by atoms with E-state index in [4.69, 9.17) is 0 Å². The highest BCUT2D eigenvalue weighted by atomic mass is 15.0. The van der Waals surface area contributed by atoms with Crippen LogP contribution in [-0.4, -0.2) is 19.4 Å². The summed E-state index contributed by atoms with van der Waals surface area (Å²) in [5, 5.41) is 0. The first-order chi connectivity index (χ1) is 8.92. The van der Waals surface area contributed by atoms with Gasteiger partial charge >= 0.3 is 0 Å². The van der Waals surface area contributed by atoms with E-state index in [0.29, 0.717) is 0 Å². The molecule has 4 heteroatoms. The summed E-state index contributed by atoms with van der Waals surface area (Å²) in [6.07, 6.45) is 12.4. The molecular formula is C14H10N4. The number of hydrogen-bond acceptors (Lipinski definition) is 3. The van der Waals surface area contributed by atoms with Crippen molar-refractivity contribution < 1.29 is 0 Å². The molecule has 0 amide bonds. The van der Waals surface area contributed by atoms with Gasteiger partial charge in [0.1, 0.15) is 12.0 Å². The molecule has 4 nitrogen and oxygen atoms in total. The third-order valence-corrected chi connectivity index (χ3v) is 3.28. The van der Waals surface area contributed by atoms with E-state index in [1.165, 1.54) is 11.1 Å². The lowest BCUT2D eigenvalue weighted by molar-refractivity contribution is 1.06. The summed E-state index contributed by atoms with van der Waals surface area (Å²) in [5.74, 6) is 0. The van der Waals surface area contributed by atoms with Crippen molar-refractivity contribution in [1.29, 1.82) is 0 Å². The summed E-state index contributed by atoms with van der Waals surface area (Å²) in [7, 11) is 0. The molecule has 1 aliphatic rings. The molecule has 0 aliphatic heterocycles. The molecule has 0 N–H and O–H groups in total. The molecule has 0 spiro atoms. The van der Waals surface area contributed by atoms with E-state index >= 15 is 0 Å². The standard InChI is InChI=1S/C14H10N4/c1-4-14-16-5-6-18(14)8-10(1)11-2-3-13-12(11)7-15-9-17-13/h1-2,4-9H,3H2. The molecular weight excluding hydrogens is 224 g/mol. The Balaban J connectivity index is 1.89. The van der Waals surface area contributed by atoms with Gasteiger partial charge in [-0.25, -0.2) is 15.0 Å². The number of hydrogen-bond donors (Lipinski definition) is 0. The summed E-state index contributed by atoms with van der Waals surface area (Å²) < 4.78 is 2.03. The zero-order valence-electron chi connectivity index (χ0n) is 9.61. The Morgan fingerprint density at radius 1 is 1.17 bits per heavy atom. The second-order valence-corrected chi connectivity index (χ2v) is 4.32. The Morgan fingerprint density at radius 2 is 2.17 bits per heavy atom. The predicted octanol–water partition coefficient (Wildman–Crippen LogP) is 2.11. The van der Waals surface area contributed by atoms with Crippen molar-refractivity contribution >= 4 is 11.2 Å². The van der Waals surface area contributed by atoms with Crippen molar-refractivity contribution in [2.45, 2.75) is 6.42 Å². The first kappa shape index (κ1) is 9.53. The van der Waals surface area contributed by atoms with Crippen LogP contribution in [0.1, 0.15) is 16.8 Å². The summed E-state index contributed by atoms with van der Waals surface area (Å²) in [6, 6.07) is 4.12. The molecule has 3 heterocycles. The highest BCUT2D eigenvalue weighted by Crippen LogP contribution is 2.30. The van der Waals surface area contributed by atoms with E-state index in [0.717, 1.165) is 23.3 Å². The lowest BCUT2D eigenvalue weighted by Crippen LogP contribution is -1.93. The summed E-state index contributed by atoms with van der Waals surface area (Å²) >= 11 is 0. The molecule has 0 atom stereocenters. The van der Waals surface area contributed by atoms with Gasteiger partial charge in [-0.1, -0.05) is 6.08 Å². The van der Waals surface area contributed by atoms with Crippen LogP contribution in [0, 0.1) is 0 Å². The van der Waals surface area contributed by atoms with Crippen molar-refractivity contribution in [2.24, 2.45) is 0 Å². The van der Waals surface area contributed by atoms with E-state index < -0.39 is 0 Å². The van der Waals surface area contributed by atoms with Crippen molar-refractivity contribution in [3.8, 4) is 0 Å². The molecule has 4 rings (SSSR count). The van der Waals surface area contributed by atoms with Gasteiger partial charge < -0.3 is 4.40 Å². The molecule has 0 fully saturated rings. The minimum Gasteiger partial charge on any atom is -0.306 e. The van der Waals surface area contributed by atoms with Crippen molar-refractivity contribution in [3.63, 3.8) is 0 Å².